The van der Waals surface area contributed by atoms with E-state index < -0.39 is 5.97 Å². The van der Waals surface area contributed by atoms with Crippen LogP contribution in [0.3, 0.4) is 0 Å². The van der Waals surface area contributed by atoms with Crippen molar-refractivity contribution in [2.24, 2.45) is 11.8 Å². The van der Waals surface area contributed by atoms with Crippen LogP contribution in [-0.2, 0) is 20.7 Å². The molecule has 6 heteroatoms. The number of aliphatic hydroxyl groups excluding tert-OH is 1. The Labute approximate surface area is 233 Å². The quantitative estimate of drug-likeness (QED) is 0.113. The second-order valence-electron chi connectivity index (χ2n) is 10.6. The Hall–Kier alpha value is -3.12. The molecule has 0 bridgehead atoms. The standard InChI is InChI=1S/C33H44O6/c1-4-5-6-8-25-12-16-28(17-13-25)33(36)39-29-18-19-30(27-14-10-26(11-15-27)9-7-20-34)31(23-29)37-21-22-38-32(35)24(2)3/h10-11,14-15,18-19,23,25,28,34H,2,4-9,12-13,16-17,20-22H2,1,3H3. The lowest BCUT2D eigenvalue weighted by atomic mass is 9.80. The fraction of sp³-hybridized carbons (Fsp3) is 0.515. The van der Waals surface area contributed by atoms with Crippen molar-refractivity contribution in [3.63, 3.8) is 0 Å². The number of aryl methyl sites for hydroxylation is 1. The lowest BCUT2D eigenvalue weighted by Gasteiger charge is -2.27. The second-order valence-corrected chi connectivity index (χ2v) is 10.6. The van der Waals surface area contributed by atoms with Crippen LogP contribution in [0.25, 0.3) is 11.1 Å². The van der Waals surface area contributed by atoms with Crippen molar-refractivity contribution in [2.45, 2.75) is 78.1 Å². The molecule has 39 heavy (non-hydrogen) atoms. The fourth-order valence-electron chi connectivity index (χ4n) is 5.04. The van der Waals surface area contributed by atoms with Gasteiger partial charge in [-0.25, -0.2) is 4.79 Å². The molecule has 6 nitrogen and oxygen atoms in total. The first kappa shape index (κ1) is 30.4. The summed E-state index contributed by atoms with van der Waals surface area (Å²) in [5.74, 6) is 1.03. The number of hydrogen-bond acceptors (Lipinski definition) is 6. The smallest absolute Gasteiger partial charge is 0.333 e. The summed E-state index contributed by atoms with van der Waals surface area (Å²) in [5, 5.41) is 9.10. The number of carbonyl (C=O) groups excluding carboxylic acids is 2. The summed E-state index contributed by atoms with van der Waals surface area (Å²) >= 11 is 0. The van der Waals surface area contributed by atoms with Gasteiger partial charge in [0.2, 0.25) is 0 Å². The van der Waals surface area contributed by atoms with Gasteiger partial charge in [-0.15, -0.1) is 0 Å². The Morgan fingerprint density at radius 3 is 2.38 bits per heavy atom. The number of carbonyl (C=O) groups is 2. The zero-order chi connectivity index (χ0) is 28.0. The van der Waals surface area contributed by atoms with E-state index >= 15 is 0 Å². The highest BCUT2D eigenvalue weighted by atomic mass is 16.6. The van der Waals surface area contributed by atoms with Crippen LogP contribution in [-0.4, -0.2) is 36.9 Å². The molecule has 0 amide bonds. The molecule has 3 rings (SSSR count). The molecule has 1 aliphatic rings. The molecule has 212 valence electrons. The Morgan fingerprint density at radius 2 is 1.72 bits per heavy atom. The van der Waals surface area contributed by atoms with Gasteiger partial charge in [-0.3, -0.25) is 4.79 Å². The van der Waals surface area contributed by atoms with Crippen LogP contribution < -0.4 is 9.47 Å². The Bertz CT molecular complexity index is 1070. The van der Waals surface area contributed by atoms with Gasteiger partial charge >= 0.3 is 11.9 Å². The van der Waals surface area contributed by atoms with Crippen molar-refractivity contribution in [1.82, 2.24) is 0 Å². The van der Waals surface area contributed by atoms with E-state index in [2.05, 4.69) is 13.5 Å². The van der Waals surface area contributed by atoms with Crippen LogP contribution in [0, 0.1) is 11.8 Å². The third-order valence-electron chi connectivity index (χ3n) is 7.38. The van der Waals surface area contributed by atoms with E-state index in [1.807, 2.05) is 30.3 Å². The molecular formula is C33H44O6. The largest absolute Gasteiger partial charge is 0.489 e. The molecule has 0 radical (unpaired) electrons. The van der Waals surface area contributed by atoms with Crippen molar-refractivity contribution < 1.29 is 28.9 Å². The van der Waals surface area contributed by atoms with Crippen LogP contribution in [0.1, 0.15) is 77.2 Å². The van der Waals surface area contributed by atoms with Gasteiger partial charge in [0.15, 0.2) is 0 Å². The monoisotopic (exact) mass is 536 g/mol. The van der Waals surface area contributed by atoms with Crippen molar-refractivity contribution in [3.05, 3.63) is 60.2 Å². The zero-order valence-corrected chi connectivity index (χ0v) is 23.6. The van der Waals surface area contributed by atoms with Crippen molar-refractivity contribution in [2.75, 3.05) is 19.8 Å². The van der Waals surface area contributed by atoms with Gasteiger partial charge in [-0.1, -0.05) is 63.5 Å². The van der Waals surface area contributed by atoms with E-state index in [-0.39, 0.29) is 31.7 Å². The highest BCUT2D eigenvalue weighted by molar-refractivity contribution is 5.86. The number of ether oxygens (including phenoxy) is 3. The van der Waals surface area contributed by atoms with E-state index in [0.29, 0.717) is 17.1 Å². The van der Waals surface area contributed by atoms with Crippen LogP contribution in [0.4, 0.5) is 0 Å². The first-order valence-electron chi connectivity index (χ1n) is 14.4. The predicted octanol–water partition coefficient (Wildman–Crippen LogP) is 7.07. The van der Waals surface area contributed by atoms with E-state index in [1.54, 1.807) is 19.1 Å². The number of esters is 2. The number of rotatable bonds is 15. The molecule has 0 spiro atoms. The van der Waals surface area contributed by atoms with E-state index in [9.17, 15) is 9.59 Å². The lowest BCUT2D eigenvalue weighted by Crippen LogP contribution is -2.25. The van der Waals surface area contributed by atoms with Gasteiger partial charge in [0.1, 0.15) is 24.7 Å². The molecule has 0 atom stereocenters. The molecular weight excluding hydrogens is 492 g/mol. The van der Waals surface area contributed by atoms with Gasteiger partial charge in [-0.2, -0.15) is 0 Å². The fourth-order valence-corrected chi connectivity index (χ4v) is 5.04. The molecule has 0 heterocycles. The van der Waals surface area contributed by atoms with Gasteiger partial charge in [-0.05, 0) is 74.6 Å². The Kier molecular flexibility index (Phi) is 12.6. The summed E-state index contributed by atoms with van der Waals surface area (Å²) in [4.78, 5) is 24.7. The molecule has 0 aliphatic heterocycles. The van der Waals surface area contributed by atoms with Crippen molar-refractivity contribution >= 4 is 11.9 Å². The number of benzene rings is 2. The van der Waals surface area contributed by atoms with E-state index in [0.717, 1.165) is 61.1 Å². The number of aliphatic hydroxyl groups is 1. The molecule has 2 aromatic carbocycles. The summed E-state index contributed by atoms with van der Waals surface area (Å²) in [6.45, 7) is 7.81. The average molecular weight is 537 g/mol. The molecule has 0 saturated heterocycles. The minimum atomic E-state index is -0.458. The summed E-state index contributed by atoms with van der Waals surface area (Å²) in [5.41, 5.74) is 3.28. The second kappa shape index (κ2) is 16.1. The highest BCUT2D eigenvalue weighted by Crippen LogP contribution is 2.36. The molecule has 1 N–H and O–H groups in total. The SMILES string of the molecule is C=C(C)C(=O)OCCOc1cc(OC(=O)C2CCC(CCCCC)CC2)ccc1-c1ccc(CCCO)cc1. The van der Waals surface area contributed by atoms with Gasteiger partial charge in [0.05, 0.1) is 5.92 Å². The normalized spacial score (nSPS) is 16.9. The van der Waals surface area contributed by atoms with Crippen LogP contribution in [0.2, 0.25) is 0 Å². The molecule has 1 fully saturated rings. The number of hydrogen-bond donors (Lipinski definition) is 1. The van der Waals surface area contributed by atoms with E-state index in [4.69, 9.17) is 19.3 Å². The molecule has 1 saturated carbocycles. The molecule has 0 unspecified atom stereocenters. The highest BCUT2D eigenvalue weighted by Gasteiger charge is 2.27. The maximum atomic E-state index is 13.0. The Morgan fingerprint density at radius 1 is 0.974 bits per heavy atom. The van der Waals surface area contributed by atoms with Gasteiger partial charge in [0, 0.05) is 23.8 Å². The third kappa shape index (κ3) is 9.85. The van der Waals surface area contributed by atoms with Gasteiger partial charge in [0.25, 0.3) is 0 Å². The van der Waals surface area contributed by atoms with Crippen LogP contribution in [0.15, 0.2) is 54.6 Å². The van der Waals surface area contributed by atoms with Crippen LogP contribution >= 0.6 is 0 Å². The predicted molar refractivity (Wildman–Crippen MR) is 154 cm³/mol. The van der Waals surface area contributed by atoms with Crippen molar-refractivity contribution in [1.29, 1.82) is 0 Å². The zero-order valence-electron chi connectivity index (χ0n) is 23.6. The van der Waals surface area contributed by atoms with Crippen molar-refractivity contribution in [3.8, 4) is 22.6 Å². The summed E-state index contributed by atoms with van der Waals surface area (Å²) < 4.78 is 17.0. The first-order valence-corrected chi connectivity index (χ1v) is 14.4. The maximum Gasteiger partial charge on any atom is 0.333 e. The topological polar surface area (TPSA) is 82.1 Å². The summed E-state index contributed by atoms with van der Waals surface area (Å²) in [7, 11) is 0. The van der Waals surface area contributed by atoms with Gasteiger partial charge < -0.3 is 19.3 Å². The third-order valence-corrected chi connectivity index (χ3v) is 7.38. The van der Waals surface area contributed by atoms with Crippen LogP contribution in [0.5, 0.6) is 11.5 Å². The minimum absolute atomic E-state index is 0.0653. The Balaban J connectivity index is 1.67. The first-order chi connectivity index (χ1) is 18.9. The molecule has 1 aliphatic carbocycles. The molecule has 2 aromatic rings. The summed E-state index contributed by atoms with van der Waals surface area (Å²) in [6, 6.07) is 13.5. The average Bonchev–Trinajstić information content (AvgIpc) is 2.95. The maximum absolute atomic E-state index is 13.0. The van der Waals surface area contributed by atoms with E-state index in [1.165, 1.54) is 25.7 Å². The summed E-state index contributed by atoms with van der Waals surface area (Å²) in [6.07, 6.45) is 10.5. The molecule has 0 aromatic heterocycles. The number of unbranched alkanes of at least 4 members (excludes halogenated alkanes) is 2. The lowest BCUT2D eigenvalue weighted by molar-refractivity contribution is -0.141. The minimum Gasteiger partial charge on any atom is -0.489 e.